The molecule has 0 fully saturated rings. The van der Waals surface area contributed by atoms with Crippen LogP contribution in [0.25, 0.3) is 0 Å². The summed E-state index contributed by atoms with van der Waals surface area (Å²) in [5, 5.41) is 11.6. The largest absolute Gasteiger partial charge is 0.711 e. The molecule has 0 N–H and O–H groups in total. The van der Waals surface area contributed by atoms with Crippen LogP contribution >= 0.6 is 0 Å². The molecule has 0 bridgehead atoms. The van der Waals surface area contributed by atoms with Gasteiger partial charge < -0.3 is 9.94 Å². The molecule has 1 aromatic heterocycles. The number of carbonyl (C=O) groups excluding carboxylic acids is 1. The van der Waals surface area contributed by atoms with Crippen LogP contribution in [0.2, 0.25) is 0 Å². The van der Waals surface area contributed by atoms with E-state index in [0.717, 1.165) is 22.5 Å². The fourth-order valence-electron chi connectivity index (χ4n) is 2.91. The van der Waals surface area contributed by atoms with Crippen molar-refractivity contribution >= 4 is 21.7 Å². The van der Waals surface area contributed by atoms with Gasteiger partial charge in [-0.15, -0.1) is 6.58 Å². The van der Waals surface area contributed by atoms with Gasteiger partial charge in [-0.05, 0) is 41.4 Å². The number of benzene rings is 2. The Balaban J connectivity index is 1.90. The van der Waals surface area contributed by atoms with Gasteiger partial charge in [0, 0.05) is 6.07 Å². The fourth-order valence-corrected chi connectivity index (χ4v) is 4.38. The van der Waals surface area contributed by atoms with Gasteiger partial charge in [0.1, 0.15) is 6.20 Å². The molecule has 34 heavy (non-hydrogen) atoms. The lowest BCUT2D eigenvalue weighted by atomic mass is 10.2. The highest BCUT2D eigenvalue weighted by molar-refractivity contribution is 7.92. The summed E-state index contributed by atoms with van der Waals surface area (Å²) < 4.78 is 72.1. The van der Waals surface area contributed by atoms with Crippen molar-refractivity contribution in [3.63, 3.8) is 0 Å². The molecule has 0 spiro atoms. The molecule has 0 amide bonds. The predicted molar refractivity (Wildman–Crippen MR) is 115 cm³/mol. The summed E-state index contributed by atoms with van der Waals surface area (Å²) in [4.78, 5) is 15.9. The van der Waals surface area contributed by atoms with E-state index in [1.807, 2.05) is 0 Å². The van der Waals surface area contributed by atoms with Crippen molar-refractivity contribution in [2.45, 2.75) is 17.7 Å². The van der Waals surface area contributed by atoms with Gasteiger partial charge in [-0.25, -0.2) is 17.9 Å². The number of nitrogens with zero attached hydrogens (tertiary/aromatic N) is 3. The van der Waals surface area contributed by atoms with Gasteiger partial charge in [0.15, 0.2) is 6.61 Å². The number of hydrogen-bond acceptors (Lipinski definition) is 6. The summed E-state index contributed by atoms with van der Waals surface area (Å²) in [5.41, 5.74) is -1.38. The highest BCUT2D eigenvalue weighted by Crippen LogP contribution is 2.33. The third-order valence-electron chi connectivity index (χ3n) is 4.53. The van der Waals surface area contributed by atoms with Crippen molar-refractivity contribution in [1.29, 1.82) is 0 Å². The van der Waals surface area contributed by atoms with Crippen LogP contribution in [-0.4, -0.2) is 25.9 Å². The Hall–Kier alpha value is -3.93. The molecule has 0 radical (unpaired) electrons. The molecule has 0 saturated heterocycles. The molecule has 0 atom stereocenters. The topological polar surface area (TPSA) is 104 Å². The molecule has 0 aliphatic carbocycles. The molecule has 1 heterocycles. The molecular weight excluding hydrogens is 475 g/mol. The Morgan fingerprint density at radius 2 is 1.91 bits per heavy atom. The Morgan fingerprint density at radius 1 is 1.18 bits per heavy atom. The number of hydrogen-bond donors (Lipinski definition) is 0. The number of ether oxygens (including phenoxy) is 1. The number of carbonyl (C=O) groups is 1. The highest BCUT2D eigenvalue weighted by Gasteiger charge is 2.32. The molecule has 178 valence electrons. The summed E-state index contributed by atoms with van der Waals surface area (Å²) in [6, 6.07) is 10.1. The third-order valence-corrected chi connectivity index (χ3v) is 6.32. The number of aromatic nitrogens is 2. The number of sulfonamides is 1. The summed E-state index contributed by atoms with van der Waals surface area (Å²) >= 11 is 0. The van der Waals surface area contributed by atoms with Crippen LogP contribution in [-0.2, 0) is 27.5 Å². The molecule has 3 aromatic rings. The second-order valence-corrected chi connectivity index (χ2v) is 8.70. The first-order valence-corrected chi connectivity index (χ1v) is 11.1. The lowest BCUT2D eigenvalue weighted by molar-refractivity contribution is -0.620. The van der Waals surface area contributed by atoms with Crippen molar-refractivity contribution in [3.8, 4) is 0 Å². The number of esters is 1. The number of alkyl halides is 3. The number of halogens is 3. The SMILES string of the molecule is C=CCN(c1cccc(C(F)(F)F)c1)S(=O)(=O)c1cccc(C(=O)OCc2nccc[n+]2[O-])c1. The fraction of sp³-hybridized carbons (Fsp3) is 0.136. The maximum atomic E-state index is 13.3. The monoisotopic (exact) mass is 493 g/mol. The minimum atomic E-state index is -4.67. The Labute approximate surface area is 193 Å². The quantitative estimate of drug-likeness (QED) is 0.206. The van der Waals surface area contributed by atoms with Gasteiger partial charge in [-0.1, -0.05) is 18.2 Å². The van der Waals surface area contributed by atoms with Gasteiger partial charge in [-0.2, -0.15) is 13.2 Å². The van der Waals surface area contributed by atoms with E-state index in [2.05, 4.69) is 11.6 Å². The summed E-state index contributed by atoms with van der Waals surface area (Å²) in [6.07, 6.45) is -0.932. The molecule has 0 aliphatic heterocycles. The normalized spacial score (nSPS) is 11.6. The number of anilines is 1. The van der Waals surface area contributed by atoms with E-state index in [-0.39, 0.29) is 28.5 Å². The van der Waals surface area contributed by atoms with Gasteiger partial charge in [0.2, 0.25) is 0 Å². The molecule has 12 heteroatoms. The summed E-state index contributed by atoms with van der Waals surface area (Å²) in [5.74, 6) is -1.00. The summed E-state index contributed by atoms with van der Waals surface area (Å²) in [7, 11) is -4.39. The van der Waals surface area contributed by atoms with Crippen molar-refractivity contribution in [1.82, 2.24) is 4.98 Å². The van der Waals surface area contributed by atoms with Crippen LogP contribution in [0.4, 0.5) is 18.9 Å². The molecule has 3 rings (SSSR count). The molecule has 0 unspecified atom stereocenters. The molecule has 0 saturated carbocycles. The van der Waals surface area contributed by atoms with Gasteiger partial charge in [-0.3, -0.25) is 4.31 Å². The predicted octanol–water partition coefficient (Wildman–Crippen LogP) is 3.47. The molecule has 8 nitrogen and oxygen atoms in total. The second kappa shape index (κ2) is 9.91. The first-order valence-electron chi connectivity index (χ1n) is 9.65. The zero-order valence-corrected chi connectivity index (χ0v) is 18.3. The van der Waals surface area contributed by atoms with Crippen LogP contribution in [0.15, 0.2) is 84.5 Å². The maximum Gasteiger partial charge on any atom is 0.416 e. The molecule has 2 aromatic carbocycles. The second-order valence-electron chi connectivity index (χ2n) is 6.84. The average Bonchev–Trinajstić information content (AvgIpc) is 2.81. The van der Waals surface area contributed by atoms with Crippen LogP contribution in [0, 0.1) is 5.21 Å². The lowest BCUT2D eigenvalue weighted by Crippen LogP contribution is -2.33. The van der Waals surface area contributed by atoms with Crippen molar-refractivity contribution in [2.24, 2.45) is 0 Å². The van der Waals surface area contributed by atoms with Crippen molar-refractivity contribution < 1.29 is 35.9 Å². The van der Waals surface area contributed by atoms with Crippen molar-refractivity contribution in [2.75, 3.05) is 10.8 Å². The summed E-state index contributed by atoms with van der Waals surface area (Å²) in [6.45, 7) is 2.71. The van der Waals surface area contributed by atoms with Gasteiger partial charge in [0.05, 0.1) is 34.5 Å². The Bertz CT molecular complexity index is 1310. The third kappa shape index (κ3) is 5.52. The van der Waals surface area contributed by atoms with E-state index >= 15 is 0 Å². The Kier molecular flexibility index (Phi) is 7.20. The first kappa shape index (κ1) is 24.7. The van der Waals surface area contributed by atoms with Gasteiger partial charge in [0.25, 0.3) is 10.0 Å². The molecular formula is C22H18F3N3O5S. The zero-order valence-electron chi connectivity index (χ0n) is 17.5. The highest BCUT2D eigenvalue weighted by atomic mass is 32.2. The maximum absolute atomic E-state index is 13.3. The van der Waals surface area contributed by atoms with E-state index in [9.17, 15) is 31.6 Å². The zero-order chi connectivity index (χ0) is 24.9. The number of rotatable bonds is 8. The van der Waals surface area contributed by atoms with Crippen LogP contribution < -0.4 is 9.04 Å². The molecule has 0 aliphatic rings. The minimum Gasteiger partial charge on any atom is -0.711 e. The van der Waals surface area contributed by atoms with Crippen LogP contribution in [0.5, 0.6) is 0 Å². The minimum absolute atomic E-state index is 0.0821. The van der Waals surface area contributed by atoms with Crippen LogP contribution in [0.3, 0.4) is 0 Å². The first-order chi connectivity index (χ1) is 16.0. The standard InChI is InChI=1S/C22H18F3N3O5S/c1-2-11-28(18-8-4-7-17(14-18)22(23,24)25)34(31,32)19-9-3-6-16(13-19)21(29)33-15-20-26-10-5-12-27(20)30/h2-10,12-14H,1,11,15H2. The van der Waals surface area contributed by atoms with E-state index in [4.69, 9.17) is 4.74 Å². The van der Waals surface area contributed by atoms with E-state index in [1.165, 1.54) is 48.8 Å². The van der Waals surface area contributed by atoms with Crippen molar-refractivity contribution in [3.05, 3.63) is 102 Å². The lowest BCUT2D eigenvalue weighted by Gasteiger charge is -2.24. The smallest absolute Gasteiger partial charge is 0.416 e. The van der Waals surface area contributed by atoms with E-state index in [0.29, 0.717) is 10.8 Å². The Morgan fingerprint density at radius 3 is 2.59 bits per heavy atom. The average molecular weight is 493 g/mol. The van der Waals surface area contributed by atoms with E-state index in [1.54, 1.807) is 0 Å². The van der Waals surface area contributed by atoms with Crippen LogP contribution in [0.1, 0.15) is 21.7 Å². The van der Waals surface area contributed by atoms with Gasteiger partial charge >= 0.3 is 18.0 Å². The van der Waals surface area contributed by atoms with E-state index < -0.39 is 34.3 Å².